The van der Waals surface area contributed by atoms with Crippen molar-refractivity contribution in [2.24, 2.45) is 5.92 Å². The normalized spacial score (nSPS) is 27.6. The molecule has 0 aromatic carbocycles. The van der Waals surface area contributed by atoms with Crippen LogP contribution < -0.4 is 0 Å². The Labute approximate surface area is 83.4 Å². The molecule has 1 atom stereocenters. The first kappa shape index (κ1) is 10.8. The lowest BCUT2D eigenvalue weighted by atomic mass is 9.99. The molecule has 1 aliphatic rings. The van der Waals surface area contributed by atoms with E-state index in [4.69, 9.17) is 0 Å². The van der Waals surface area contributed by atoms with E-state index in [1.54, 1.807) is 0 Å². The molecular formula is C13H24. The van der Waals surface area contributed by atoms with Gasteiger partial charge in [-0.3, -0.25) is 0 Å². The van der Waals surface area contributed by atoms with Crippen molar-refractivity contribution < 1.29 is 0 Å². The summed E-state index contributed by atoms with van der Waals surface area (Å²) in [4.78, 5) is 0. The Balaban J connectivity index is 2.22. The number of rotatable bonds is 0. The quantitative estimate of drug-likeness (QED) is 0.474. The van der Waals surface area contributed by atoms with Gasteiger partial charge in [0.2, 0.25) is 0 Å². The Morgan fingerprint density at radius 2 is 1.46 bits per heavy atom. The van der Waals surface area contributed by atoms with Gasteiger partial charge in [-0.05, 0) is 25.2 Å². The first-order valence-corrected chi connectivity index (χ1v) is 6.06. The first-order valence-electron chi connectivity index (χ1n) is 6.06. The van der Waals surface area contributed by atoms with Crippen LogP contribution in [0.1, 0.15) is 64.7 Å². The highest BCUT2D eigenvalue weighted by Crippen LogP contribution is 2.15. The fraction of sp³-hybridized carbons (Fsp3) is 0.846. The molecule has 0 amide bonds. The maximum Gasteiger partial charge on any atom is -0.0262 e. The van der Waals surface area contributed by atoms with Crippen LogP contribution in [0.2, 0.25) is 0 Å². The molecule has 0 aromatic heterocycles. The summed E-state index contributed by atoms with van der Waals surface area (Å²) in [6, 6.07) is 0. The number of hydrogen-bond acceptors (Lipinski definition) is 0. The predicted octanol–water partition coefficient (Wildman–Crippen LogP) is 4.70. The average molecular weight is 180 g/mol. The van der Waals surface area contributed by atoms with E-state index in [1.165, 1.54) is 57.8 Å². The van der Waals surface area contributed by atoms with E-state index in [0.717, 1.165) is 5.92 Å². The zero-order chi connectivity index (χ0) is 9.36. The second kappa shape index (κ2) is 7.17. The molecule has 0 radical (unpaired) electrons. The Bertz CT molecular complexity index is 135. The Morgan fingerprint density at radius 1 is 0.846 bits per heavy atom. The standard InChI is InChI=1S/C13H24/c1-13-11-9-7-5-3-2-4-6-8-10-12-13/h9,11,13H,2-8,10,12H2,1H3. The van der Waals surface area contributed by atoms with Crippen LogP contribution in [0.25, 0.3) is 0 Å². The van der Waals surface area contributed by atoms with Gasteiger partial charge in [0, 0.05) is 0 Å². The zero-order valence-electron chi connectivity index (χ0n) is 9.10. The van der Waals surface area contributed by atoms with Gasteiger partial charge in [0.25, 0.3) is 0 Å². The van der Waals surface area contributed by atoms with Gasteiger partial charge in [-0.1, -0.05) is 57.6 Å². The summed E-state index contributed by atoms with van der Waals surface area (Å²) in [5.74, 6) is 0.819. The summed E-state index contributed by atoms with van der Waals surface area (Å²) >= 11 is 0. The minimum absolute atomic E-state index is 0.819. The molecule has 13 heavy (non-hydrogen) atoms. The van der Waals surface area contributed by atoms with E-state index in [9.17, 15) is 0 Å². The predicted molar refractivity (Wildman–Crippen MR) is 59.9 cm³/mol. The second-order valence-electron chi connectivity index (χ2n) is 4.46. The van der Waals surface area contributed by atoms with Crippen molar-refractivity contribution in [3.63, 3.8) is 0 Å². The largest absolute Gasteiger partial charge is 0.0883 e. The Hall–Kier alpha value is -0.260. The second-order valence-corrected chi connectivity index (χ2v) is 4.46. The average Bonchev–Trinajstić information content (AvgIpc) is 2.11. The summed E-state index contributed by atoms with van der Waals surface area (Å²) in [7, 11) is 0. The highest BCUT2D eigenvalue weighted by molar-refractivity contribution is 4.86. The third-order valence-electron chi connectivity index (χ3n) is 2.99. The van der Waals surface area contributed by atoms with Crippen LogP contribution in [0.4, 0.5) is 0 Å². The van der Waals surface area contributed by atoms with Crippen molar-refractivity contribution in [1.82, 2.24) is 0 Å². The van der Waals surface area contributed by atoms with Gasteiger partial charge in [-0.15, -0.1) is 0 Å². The van der Waals surface area contributed by atoms with Crippen LogP contribution in [-0.2, 0) is 0 Å². The van der Waals surface area contributed by atoms with E-state index in [-0.39, 0.29) is 0 Å². The third kappa shape index (κ3) is 5.90. The molecule has 76 valence electrons. The summed E-state index contributed by atoms with van der Waals surface area (Å²) in [5.41, 5.74) is 0. The Kier molecular flexibility index (Phi) is 5.97. The van der Waals surface area contributed by atoms with E-state index in [2.05, 4.69) is 19.1 Å². The van der Waals surface area contributed by atoms with Crippen LogP contribution in [0, 0.1) is 5.92 Å². The Morgan fingerprint density at radius 3 is 2.23 bits per heavy atom. The fourth-order valence-electron chi connectivity index (χ4n) is 2.04. The van der Waals surface area contributed by atoms with Crippen LogP contribution in [-0.4, -0.2) is 0 Å². The monoisotopic (exact) mass is 180 g/mol. The molecule has 0 fully saturated rings. The molecule has 1 unspecified atom stereocenters. The van der Waals surface area contributed by atoms with Gasteiger partial charge >= 0.3 is 0 Å². The highest BCUT2D eigenvalue weighted by atomic mass is 14.0. The molecule has 0 heteroatoms. The van der Waals surface area contributed by atoms with Gasteiger partial charge in [-0.25, -0.2) is 0 Å². The molecule has 1 aliphatic carbocycles. The van der Waals surface area contributed by atoms with Gasteiger partial charge in [0.15, 0.2) is 0 Å². The molecule has 0 saturated carbocycles. The number of allylic oxidation sites excluding steroid dienone is 2. The molecule has 0 nitrogen and oxygen atoms in total. The third-order valence-corrected chi connectivity index (χ3v) is 2.99. The zero-order valence-corrected chi connectivity index (χ0v) is 9.10. The van der Waals surface area contributed by atoms with Crippen molar-refractivity contribution in [2.75, 3.05) is 0 Å². The molecular weight excluding hydrogens is 156 g/mol. The van der Waals surface area contributed by atoms with Crippen LogP contribution >= 0.6 is 0 Å². The molecule has 0 aromatic rings. The minimum Gasteiger partial charge on any atom is -0.0883 e. The summed E-state index contributed by atoms with van der Waals surface area (Å²) in [6.07, 6.45) is 17.7. The topological polar surface area (TPSA) is 0 Å². The van der Waals surface area contributed by atoms with E-state index in [0.29, 0.717) is 0 Å². The van der Waals surface area contributed by atoms with Crippen molar-refractivity contribution in [2.45, 2.75) is 64.7 Å². The molecule has 0 bridgehead atoms. The minimum atomic E-state index is 0.819. The smallest absolute Gasteiger partial charge is 0.0262 e. The van der Waals surface area contributed by atoms with Crippen molar-refractivity contribution in [3.05, 3.63) is 12.2 Å². The van der Waals surface area contributed by atoms with E-state index < -0.39 is 0 Å². The molecule has 1 rings (SSSR count). The molecule has 0 saturated heterocycles. The molecule has 0 N–H and O–H groups in total. The summed E-state index contributed by atoms with van der Waals surface area (Å²) < 4.78 is 0. The molecule has 0 heterocycles. The SMILES string of the molecule is CC1C=CCCCCCCCCC1. The molecule has 0 spiro atoms. The number of hydrogen-bond donors (Lipinski definition) is 0. The lowest BCUT2D eigenvalue weighted by Gasteiger charge is -2.07. The van der Waals surface area contributed by atoms with E-state index in [1.807, 2.05) is 0 Å². The summed E-state index contributed by atoms with van der Waals surface area (Å²) in [5, 5.41) is 0. The van der Waals surface area contributed by atoms with Crippen molar-refractivity contribution in [3.8, 4) is 0 Å². The highest BCUT2D eigenvalue weighted by Gasteiger charge is 1.98. The van der Waals surface area contributed by atoms with Gasteiger partial charge in [0.1, 0.15) is 0 Å². The fourth-order valence-corrected chi connectivity index (χ4v) is 2.04. The lowest BCUT2D eigenvalue weighted by molar-refractivity contribution is 0.528. The maximum absolute atomic E-state index is 2.42. The van der Waals surface area contributed by atoms with Gasteiger partial charge in [0.05, 0.1) is 0 Å². The van der Waals surface area contributed by atoms with Gasteiger partial charge in [-0.2, -0.15) is 0 Å². The summed E-state index contributed by atoms with van der Waals surface area (Å²) in [6.45, 7) is 2.35. The van der Waals surface area contributed by atoms with Crippen LogP contribution in [0.5, 0.6) is 0 Å². The van der Waals surface area contributed by atoms with E-state index >= 15 is 0 Å². The van der Waals surface area contributed by atoms with Crippen LogP contribution in [0.3, 0.4) is 0 Å². The van der Waals surface area contributed by atoms with Crippen LogP contribution in [0.15, 0.2) is 12.2 Å². The lowest BCUT2D eigenvalue weighted by Crippen LogP contribution is -1.91. The first-order chi connectivity index (χ1) is 6.39. The van der Waals surface area contributed by atoms with Crippen molar-refractivity contribution >= 4 is 0 Å². The van der Waals surface area contributed by atoms with Gasteiger partial charge < -0.3 is 0 Å². The maximum atomic E-state index is 2.42. The van der Waals surface area contributed by atoms with Crippen molar-refractivity contribution in [1.29, 1.82) is 0 Å². The molecule has 0 aliphatic heterocycles.